The summed E-state index contributed by atoms with van der Waals surface area (Å²) in [5, 5.41) is 11.1. The number of sulfonamides is 1. The maximum Gasteiger partial charge on any atom is 0.243 e. The monoisotopic (exact) mass is 257 g/mol. The lowest BCUT2D eigenvalue weighted by Gasteiger charge is -2.16. The molecule has 0 heterocycles. The van der Waals surface area contributed by atoms with E-state index in [9.17, 15) is 8.42 Å². The summed E-state index contributed by atoms with van der Waals surface area (Å²) in [4.78, 5) is 0.186. The first-order chi connectivity index (χ1) is 7.87. The van der Waals surface area contributed by atoms with Crippen LogP contribution in [0.4, 0.5) is 0 Å². The zero-order valence-corrected chi connectivity index (χ0v) is 10.5. The third-order valence-electron chi connectivity index (χ3n) is 2.21. The van der Waals surface area contributed by atoms with Gasteiger partial charge >= 0.3 is 0 Å². The number of amidine groups is 1. The van der Waals surface area contributed by atoms with E-state index in [1.54, 1.807) is 12.1 Å². The van der Waals surface area contributed by atoms with E-state index >= 15 is 0 Å². The molecule has 7 heteroatoms. The number of rotatable bonds is 4. The number of likely N-dealkylation sites (N-methyl/N-ethyl adjacent to an activating group) is 1. The summed E-state index contributed by atoms with van der Waals surface area (Å²) in [5.74, 6) is -0.163. The van der Waals surface area contributed by atoms with Crippen LogP contribution in [0.25, 0.3) is 0 Å². The van der Waals surface area contributed by atoms with Gasteiger partial charge in [-0.05, 0) is 24.6 Å². The molecule has 0 radical (unpaired) electrons. The average molecular weight is 257 g/mol. The second kappa shape index (κ2) is 5.15. The molecule has 0 spiro atoms. The normalized spacial score (nSPS) is 13.0. The maximum absolute atomic E-state index is 12.1. The third kappa shape index (κ3) is 3.18. The van der Waals surface area contributed by atoms with Crippen LogP contribution in [0.15, 0.2) is 34.3 Å². The van der Waals surface area contributed by atoms with Crippen LogP contribution in [0.1, 0.15) is 5.56 Å². The first-order valence-electron chi connectivity index (χ1n) is 4.87. The summed E-state index contributed by atoms with van der Waals surface area (Å²) in [5.41, 5.74) is 6.12. The number of benzene rings is 1. The van der Waals surface area contributed by atoms with Crippen LogP contribution in [0.5, 0.6) is 0 Å². The van der Waals surface area contributed by atoms with Gasteiger partial charge in [-0.1, -0.05) is 17.3 Å². The van der Waals surface area contributed by atoms with Crippen molar-refractivity contribution in [2.75, 3.05) is 13.6 Å². The molecule has 0 unspecified atom stereocenters. The Labute approximate surface area is 100 Å². The van der Waals surface area contributed by atoms with Gasteiger partial charge in [0, 0.05) is 7.05 Å². The van der Waals surface area contributed by atoms with E-state index < -0.39 is 10.0 Å². The Morgan fingerprint density at radius 3 is 2.71 bits per heavy atom. The van der Waals surface area contributed by atoms with Crippen LogP contribution in [0.3, 0.4) is 0 Å². The Hall–Kier alpha value is -1.60. The predicted octanol–water partition coefficient (Wildman–Crippen LogP) is 0.362. The summed E-state index contributed by atoms with van der Waals surface area (Å²) < 4.78 is 25.2. The summed E-state index contributed by atoms with van der Waals surface area (Å²) in [7, 11) is -2.23. The van der Waals surface area contributed by atoms with Crippen LogP contribution in [0.2, 0.25) is 0 Å². The lowest BCUT2D eigenvalue weighted by molar-refractivity contribution is 0.315. The lowest BCUT2D eigenvalue weighted by atomic mass is 10.2. The molecule has 0 aliphatic carbocycles. The van der Waals surface area contributed by atoms with Crippen molar-refractivity contribution < 1.29 is 13.6 Å². The van der Waals surface area contributed by atoms with Crippen LogP contribution < -0.4 is 5.73 Å². The van der Waals surface area contributed by atoms with E-state index in [0.717, 1.165) is 9.87 Å². The number of oxime groups is 1. The molecule has 0 aliphatic rings. The Kier molecular flexibility index (Phi) is 4.08. The van der Waals surface area contributed by atoms with E-state index in [1.807, 2.05) is 13.0 Å². The largest absolute Gasteiger partial charge is 0.409 e. The molecule has 0 atom stereocenters. The molecule has 0 amide bonds. The molecule has 1 aromatic rings. The summed E-state index contributed by atoms with van der Waals surface area (Å²) in [6.07, 6.45) is 0. The van der Waals surface area contributed by atoms with Crippen molar-refractivity contribution in [2.45, 2.75) is 11.8 Å². The molecule has 0 fully saturated rings. The number of nitrogens with zero attached hydrogens (tertiary/aromatic N) is 2. The Bertz CT molecular complexity index is 525. The second-order valence-electron chi connectivity index (χ2n) is 3.67. The van der Waals surface area contributed by atoms with Crippen molar-refractivity contribution in [3.05, 3.63) is 29.8 Å². The van der Waals surface area contributed by atoms with Crippen molar-refractivity contribution in [3.8, 4) is 0 Å². The fraction of sp³-hybridized carbons (Fsp3) is 0.300. The second-order valence-corrected chi connectivity index (χ2v) is 5.71. The molecule has 0 saturated heterocycles. The van der Waals surface area contributed by atoms with Gasteiger partial charge in [-0.25, -0.2) is 8.42 Å². The van der Waals surface area contributed by atoms with Crippen molar-refractivity contribution in [3.63, 3.8) is 0 Å². The first kappa shape index (κ1) is 13.5. The van der Waals surface area contributed by atoms with Gasteiger partial charge in [0.1, 0.15) is 0 Å². The minimum Gasteiger partial charge on any atom is -0.409 e. The van der Waals surface area contributed by atoms with Gasteiger partial charge in [0.2, 0.25) is 10.0 Å². The van der Waals surface area contributed by atoms with Crippen LogP contribution in [-0.4, -0.2) is 37.4 Å². The number of hydrogen-bond acceptors (Lipinski definition) is 4. The van der Waals surface area contributed by atoms with Crippen molar-refractivity contribution in [1.29, 1.82) is 0 Å². The number of nitrogens with two attached hydrogens (primary N) is 1. The Balaban J connectivity index is 3.03. The highest BCUT2D eigenvalue weighted by atomic mass is 32.2. The highest BCUT2D eigenvalue weighted by Crippen LogP contribution is 2.15. The molecule has 0 aliphatic heterocycles. The van der Waals surface area contributed by atoms with Gasteiger partial charge < -0.3 is 10.9 Å². The first-order valence-corrected chi connectivity index (χ1v) is 6.31. The molecule has 0 aromatic heterocycles. The topological polar surface area (TPSA) is 96.0 Å². The molecule has 94 valence electrons. The van der Waals surface area contributed by atoms with Gasteiger partial charge in [-0.2, -0.15) is 4.31 Å². The fourth-order valence-electron chi connectivity index (χ4n) is 1.30. The molecule has 17 heavy (non-hydrogen) atoms. The van der Waals surface area contributed by atoms with E-state index in [-0.39, 0.29) is 17.3 Å². The molecular formula is C10H15N3O3S. The van der Waals surface area contributed by atoms with Crippen molar-refractivity contribution in [2.24, 2.45) is 10.9 Å². The Morgan fingerprint density at radius 1 is 1.53 bits per heavy atom. The van der Waals surface area contributed by atoms with Gasteiger partial charge in [0.05, 0.1) is 11.4 Å². The molecule has 3 N–H and O–H groups in total. The van der Waals surface area contributed by atoms with E-state index in [4.69, 9.17) is 10.9 Å². The number of aryl methyl sites for hydroxylation is 1. The summed E-state index contributed by atoms with van der Waals surface area (Å²) in [6.45, 7) is 1.65. The zero-order valence-electron chi connectivity index (χ0n) is 9.66. The van der Waals surface area contributed by atoms with E-state index in [0.29, 0.717) is 0 Å². The van der Waals surface area contributed by atoms with Crippen LogP contribution >= 0.6 is 0 Å². The van der Waals surface area contributed by atoms with Gasteiger partial charge in [0.15, 0.2) is 5.84 Å². The van der Waals surface area contributed by atoms with Gasteiger partial charge in [0.25, 0.3) is 0 Å². The average Bonchev–Trinajstić information content (AvgIpc) is 2.28. The number of hydrogen-bond donors (Lipinski definition) is 2. The molecule has 0 saturated carbocycles. The van der Waals surface area contributed by atoms with Crippen LogP contribution in [-0.2, 0) is 10.0 Å². The van der Waals surface area contributed by atoms with Gasteiger partial charge in [-0.3, -0.25) is 0 Å². The summed E-state index contributed by atoms with van der Waals surface area (Å²) >= 11 is 0. The highest BCUT2D eigenvalue weighted by Gasteiger charge is 2.21. The minimum absolute atomic E-state index is 0.160. The fourth-order valence-corrected chi connectivity index (χ4v) is 2.55. The van der Waals surface area contributed by atoms with E-state index in [2.05, 4.69) is 5.16 Å². The lowest BCUT2D eigenvalue weighted by Crippen LogP contribution is -2.35. The molecule has 0 bridgehead atoms. The quantitative estimate of drug-likeness (QED) is 0.352. The smallest absolute Gasteiger partial charge is 0.243 e. The van der Waals surface area contributed by atoms with Crippen molar-refractivity contribution >= 4 is 15.9 Å². The zero-order chi connectivity index (χ0) is 13.1. The van der Waals surface area contributed by atoms with Crippen LogP contribution in [0, 0.1) is 6.92 Å². The molecule has 6 nitrogen and oxygen atoms in total. The predicted molar refractivity (Wildman–Crippen MR) is 64.4 cm³/mol. The van der Waals surface area contributed by atoms with E-state index in [1.165, 1.54) is 13.1 Å². The third-order valence-corrected chi connectivity index (χ3v) is 4.01. The Morgan fingerprint density at radius 2 is 2.18 bits per heavy atom. The maximum atomic E-state index is 12.1. The standard InChI is InChI=1S/C10H15N3O3S/c1-8-4-3-5-9(6-8)17(15,16)13(2)7-10(11)12-14/h3-6,14H,7H2,1-2H3,(H2,11,12). The molecular weight excluding hydrogens is 242 g/mol. The summed E-state index contributed by atoms with van der Waals surface area (Å²) in [6, 6.07) is 6.55. The van der Waals surface area contributed by atoms with Gasteiger partial charge in [-0.15, -0.1) is 0 Å². The minimum atomic E-state index is -3.61. The SMILES string of the molecule is Cc1cccc(S(=O)(=O)N(C)CC(N)=NO)c1. The van der Waals surface area contributed by atoms with Crippen molar-refractivity contribution in [1.82, 2.24) is 4.31 Å². The highest BCUT2D eigenvalue weighted by molar-refractivity contribution is 7.89. The molecule has 1 rings (SSSR count). The molecule has 1 aromatic carbocycles.